The third kappa shape index (κ3) is 10.1. The molecular formula is C45H53FeNP2. The van der Waals surface area contributed by atoms with Crippen LogP contribution in [0.5, 0.6) is 0 Å². The molecule has 256 valence electrons. The van der Waals surface area contributed by atoms with Gasteiger partial charge in [0.05, 0.1) is 0 Å². The molecule has 0 aliphatic heterocycles. The third-order valence-electron chi connectivity index (χ3n) is 9.33. The second-order valence-corrected chi connectivity index (χ2v) is 17.2. The van der Waals surface area contributed by atoms with Crippen molar-refractivity contribution >= 4 is 42.4 Å². The molecule has 4 heteroatoms. The minimum absolute atomic E-state index is 0. The van der Waals surface area contributed by atoms with Gasteiger partial charge in [0.2, 0.25) is 0 Å². The first kappa shape index (κ1) is 40.6. The summed E-state index contributed by atoms with van der Waals surface area (Å²) in [6.45, 7) is 0. The van der Waals surface area contributed by atoms with Crippen LogP contribution in [0.25, 0.3) is 0 Å². The second-order valence-electron chi connectivity index (χ2n) is 12.6. The largest absolute Gasteiger partial charge is 2.00 e. The molecule has 0 spiro atoms. The van der Waals surface area contributed by atoms with Gasteiger partial charge in [0.25, 0.3) is 0 Å². The maximum Gasteiger partial charge on any atom is 2.00 e. The fourth-order valence-electron chi connectivity index (χ4n) is 7.37. The van der Waals surface area contributed by atoms with Crippen molar-refractivity contribution in [1.29, 1.82) is 0 Å². The molecule has 0 N–H and O–H groups in total. The fourth-order valence-corrected chi connectivity index (χ4v) is 13.1. The van der Waals surface area contributed by atoms with Crippen LogP contribution in [0.3, 0.4) is 0 Å². The minimum Gasteiger partial charge on any atom is -0.358 e. The summed E-state index contributed by atoms with van der Waals surface area (Å²) in [4.78, 5) is 2.52. The predicted molar refractivity (Wildman–Crippen MR) is 218 cm³/mol. The number of allylic oxidation sites excluding steroid dienone is 2. The van der Waals surface area contributed by atoms with E-state index >= 15 is 0 Å². The van der Waals surface area contributed by atoms with Crippen molar-refractivity contribution in [3.63, 3.8) is 0 Å². The predicted octanol–water partition coefficient (Wildman–Crippen LogP) is 9.97. The van der Waals surface area contributed by atoms with Gasteiger partial charge in [0.1, 0.15) is 0 Å². The third-order valence-corrected chi connectivity index (χ3v) is 14.9. The van der Waals surface area contributed by atoms with Crippen LogP contribution in [-0.2, 0) is 17.1 Å². The van der Waals surface area contributed by atoms with E-state index in [1.54, 1.807) is 0 Å². The molecule has 0 radical (unpaired) electrons. The Kier molecular flexibility index (Phi) is 17.2. The Morgan fingerprint density at radius 3 is 1.39 bits per heavy atom. The summed E-state index contributed by atoms with van der Waals surface area (Å²) in [5.41, 5.74) is 2.14. The molecule has 0 heterocycles. The molecule has 7 rings (SSSR count). The van der Waals surface area contributed by atoms with Gasteiger partial charge in [-0.05, 0) is 106 Å². The van der Waals surface area contributed by atoms with E-state index in [4.69, 9.17) is 0 Å². The Labute approximate surface area is 311 Å². The molecule has 2 aliphatic rings. The van der Waals surface area contributed by atoms with Gasteiger partial charge in [0.15, 0.2) is 0 Å². The summed E-state index contributed by atoms with van der Waals surface area (Å²) in [7, 11) is 3.46. The normalized spacial score (nSPS) is 17.0. The number of rotatable bonds is 9. The van der Waals surface area contributed by atoms with Crippen molar-refractivity contribution in [2.24, 2.45) is 5.92 Å². The van der Waals surface area contributed by atoms with Gasteiger partial charge in [-0.2, -0.15) is 0 Å². The fraction of sp³-hybridized carbons (Fsp3) is 0.244. The van der Waals surface area contributed by atoms with Crippen molar-refractivity contribution in [2.45, 2.75) is 50.2 Å². The average Bonchev–Trinajstić information content (AvgIpc) is 3.85. The van der Waals surface area contributed by atoms with Crippen LogP contribution in [0.1, 0.15) is 50.1 Å². The van der Waals surface area contributed by atoms with Crippen LogP contribution in [-0.4, -0.2) is 24.7 Å². The van der Waals surface area contributed by atoms with Crippen molar-refractivity contribution in [3.05, 3.63) is 178 Å². The smallest absolute Gasteiger partial charge is 0.358 e. The molecule has 5 aromatic carbocycles. The molecule has 5 aromatic rings. The van der Waals surface area contributed by atoms with E-state index in [1.807, 2.05) is 0 Å². The molecule has 49 heavy (non-hydrogen) atoms. The Morgan fingerprint density at radius 1 is 0.531 bits per heavy atom. The molecule has 2 unspecified atom stereocenters. The quantitative estimate of drug-likeness (QED) is 0.0633. The van der Waals surface area contributed by atoms with E-state index in [0.717, 1.165) is 0 Å². The summed E-state index contributed by atoms with van der Waals surface area (Å²) in [5, 5.41) is 7.34. The molecule has 2 aliphatic carbocycles. The van der Waals surface area contributed by atoms with E-state index in [1.165, 1.54) is 70.6 Å². The average molecular weight is 726 g/mol. The van der Waals surface area contributed by atoms with Crippen molar-refractivity contribution in [1.82, 2.24) is 4.90 Å². The first-order chi connectivity index (χ1) is 22.7. The SMILES string of the molecule is C1=CCCC1.CN(C)[C@@H](c1ccccc1P(c1ccccc1)c1ccccc1)C1CCCC1P(c1ccccc1)c1ccccc1.[CH3-].[CH3-].[Fe+2]. The summed E-state index contributed by atoms with van der Waals surface area (Å²) in [6, 6.07) is 54.8. The number of nitrogens with zero attached hydrogens (tertiary/aromatic N) is 1. The van der Waals surface area contributed by atoms with Crippen LogP contribution in [0, 0.1) is 20.8 Å². The van der Waals surface area contributed by atoms with Crippen molar-refractivity contribution < 1.29 is 17.1 Å². The molecule has 0 aromatic heterocycles. The Morgan fingerprint density at radius 2 is 0.959 bits per heavy atom. The van der Waals surface area contributed by atoms with Crippen LogP contribution < -0.4 is 26.5 Å². The summed E-state index contributed by atoms with van der Waals surface area (Å²) in [6.07, 6.45) is 12.4. The van der Waals surface area contributed by atoms with Crippen LogP contribution in [0.2, 0.25) is 0 Å². The maximum atomic E-state index is 2.52. The van der Waals surface area contributed by atoms with Gasteiger partial charge in [-0.1, -0.05) is 164 Å². The molecule has 0 bridgehead atoms. The molecular weight excluding hydrogens is 672 g/mol. The van der Waals surface area contributed by atoms with Crippen molar-refractivity contribution in [3.8, 4) is 0 Å². The molecule has 1 fully saturated rings. The van der Waals surface area contributed by atoms with Crippen LogP contribution in [0.4, 0.5) is 0 Å². The molecule has 0 amide bonds. The Bertz CT molecular complexity index is 1560. The number of hydrogen-bond acceptors (Lipinski definition) is 1. The van der Waals surface area contributed by atoms with Gasteiger partial charge in [0, 0.05) is 6.04 Å². The Hall–Kier alpha value is -2.82. The molecule has 1 saturated carbocycles. The van der Waals surface area contributed by atoms with Gasteiger partial charge in [-0.25, -0.2) is 0 Å². The minimum atomic E-state index is -0.677. The number of hydrogen-bond donors (Lipinski definition) is 0. The molecule has 0 saturated heterocycles. The van der Waals surface area contributed by atoms with E-state index in [0.29, 0.717) is 17.6 Å². The monoisotopic (exact) mass is 725 g/mol. The van der Waals surface area contributed by atoms with Gasteiger partial charge >= 0.3 is 17.1 Å². The van der Waals surface area contributed by atoms with Gasteiger partial charge in [-0.15, -0.1) is 0 Å². The maximum absolute atomic E-state index is 2.52. The first-order valence-electron chi connectivity index (χ1n) is 16.9. The van der Waals surface area contributed by atoms with Crippen LogP contribution >= 0.6 is 15.8 Å². The zero-order valence-corrected chi connectivity index (χ0v) is 32.6. The van der Waals surface area contributed by atoms with Crippen molar-refractivity contribution in [2.75, 3.05) is 14.1 Å². The summed E-state index contributed by atoms with van der Waals surface area (Å²) >= 11 is 0. The summed E-state index contributed by atoms with van der Waals surface area (Å²) < 4.78 is 0. The zero-order chi connectivity index (χ0) is 31.6. The zero-order valence-electron chi connectivity index (χ0n) is 29.7. The van der Waals surface area contributed by atoms with E-state index in [2.05, 4.69) is 177 Å². The van der Waals surface area contributed by atoms with E-state index < -0.39 is 15.8 Å². The van der Waals surface area contributed by atoms with Crippen LogP contribution in [0.15, 0.2) is 158 Å². The molecule has 3 atom stereocenters. The Balaban J connectivity index is 0.000000748. The van der Waals surface area contributed by atoms with E-state index in [-0.39, 0.29) is 31.9 Å². The van der Waals surface area contributed by atoms with Gasteiger partial charge in [-0.3, -0.25) is 0 Å². The first-order valence-corrected chi connectivity index (χ1v) is 19.7. The topological polar surface area (TPSA) is 3.24 Å². The van der Waals surface area contributed by atoms with E-state index in [9.17, 15) is 0 Å². The second kappa shape index (κ2) is 20.8. The standard InChI is InChI=1S/C38H39NP2.C5H8.2CH3.Fe/c1-39(2)38(35-27-17-29-37(35)41(32-22-11-5-12-23-32)33-24-13-6-14-25-33)34-26-15-16-28-36(34)40(30-18-7-3-8-19-30)31-20-9-4-10-21-31;1-2-4-5-3-1;;;/h3-16,18-26,28,35,37-38H,17,27,29H2,1-2H3;1-2H,3-5H2;2*1H3;/q;;2*-1;+2/t35?,37?,38-;;;;/m0..../s1. The summed E-state index contributed by atoms with van der Waals surface area (Å²) in [5.74, 6) is 0.584. The van der Waals surface area contributed by atoms with Gasteiger partial charge < -0.3 is 19.8 Å². The molecule has 1 nitrogen and oxygen atoms in total. The number of benzene rings is 5.